The first kappa shape index (κ1) is 23.2. The van der Waals surface area contributed by atoms with Crippen LogP contribution in [0, 0.1) is 0 Å². The second-order valence-electron chi connectivity index (χ2n) is 7.23. The molecule has 9 heteroatoms. The van der Waals surface area contributed by atoms with Crippen LogP contribution in [-0.4, -0.2) is 68.0 Å². The summed E-state index contributed by atoms with van der Waals surface area (Å²) in [5.41, 5.74) is 1.77. The van der Waals surface area contributed by atoms with Crippen molar-refractivity contribution in [1.82, 2.24) is 9.80 Å². The molecule has 0 radical (unpaired) electrons. The summed E-state index contributed by atoms with van der Waals surface area (Å²) in [5.74, 6) is -0.499. The number of anilines is 1. The van der Waals surface area contributed by atoms with Crippen molar-refractivity contribution in [2.75, 3.05) is 45.8 Å². The smallest absolute Gasteiger partial charge is 0.278 e. The number of imide groups is 1. The third-order valence-electron chi connectivity index (χ3n) is 4.98. The summed E-state index contributed by atoms with van der Waals surface area (Å²) >= 11 is 0. The molecule has 0 aliphatic carbocycles. The zero-order valence-electron chi connectivity index (χ0n) is 18.4. The number of furan rings is 1. The zero-order valence-corrected chi connectivity index (χ0v) is 18.4. The van der Waals surface area contributed by atoms with Crippen molar-refractivity contribution in [3.8, 4) is 0 Å². The fourth-order valence-corrected chi connectivity index (χ4v) is 3.48. The van der Waals surface area contributed by atoms with Gasteiger partial charge in [0, 0.05) is 39.9 Å². The number of carbonyl (C=O) groups is 3. The lowest BCUT2D eigenvalue weighted by Gasteiger charge is -2.25. The molecule has 170 valence electrons. The van der Waals surface area contributed by atoms with Gasteiger partial charge in [0.1, 0.15) is 11.5 Å². The van der Waals surface area contributed by atoms with Crippen molar-refractivity contribution in [2.24, 2.45) is 0 Å². The normalized spacial score (nSPS) is 13.8. The van der Waals surface area contributed by atoms with E-state index >= 15 is 0 Å². The van der Waals surface area contributed by atoms with E-state index in [9.17, 15) is 14.4 Å². The number of amides is 3. The zero-order chi connectivity index (χ0) is 23.1. The van der Waals surface area contributed by atoms with Gasteiger partial charge in [-0.25, -0.2) is 0 Å². The molecular formula is C23H27N3O6. The number of benzene rings is 1. The highest BCUT2D eigenvalue weighted by Crippen LogP contribution is 2.33. The fraction of sp³-hybridized carbons (Fsp3) is 0.348. The van der Waals surface area contributed by atoms with E-state index in [1.165, 1.54) is 18.1 Å². The maximum absolute atomic E-state index is 13.4. The van der Waals surface area contributed by atoms with E-state index < -0.39 is 11.8 Å². The van der Waals surface area contributed by atoms with Crippen molar-refractivity contribution < 1.29 is 28.3 Å². The molecular weight excluding hydrogens is 414 g/mol. The molecule has 32 heavy (non-hydrogen) atoms. The number of nitrogens with one attached hydrogen (secondary N) is 1. The van der Waals surface area contributed by atoms with Gasteiger partial charge in [0.25, 0.3) is 11.8 Å². The standard InChI is InChI=1S/C23H27N3O6/c1-16(27)24-18-8-6-17(7-9-18)20-21(25(10-13-30-2)11-14-31-3)23(29)26(22(20)28)15-19-5-4-12-32-19/h4-9,12H,10-11,13-15H2,1-3H3,(H,24,27). The molecule has 0 bridgehead atoms. The van der Waals surface area contributed by atoms with E-state index in [-0.39, 0.29) is 12.5 Å². The Bertz CT molecular complexity index is 974. The van der Waals surface area contributed by atoms with Gasteiger partial charge in [0.15, 0.2) is 0 Å². The van der Waals surface area contributed by atoms with Gasteiger partial charge in [-0.15, -0.1) is 0 Å². The lowest BCUT2D eigenvalue weighted by atomic mass is 10.0. The number of nitrogens with zero attached hydrogens (tertiary/aromatic N) is 2. The minimum absolute atomic E-state index is 0.0318. The largest absolute Gasteiger partial charge is 0.467 e. The van der Waals surface area contributed by atoms with Crippen LogP contribution in [-0.2, 0) is 30.4 Å². The van der Waals surface area contributed by atoms with E-state index in [4.69, 9.17) is 13.9 Å². The molecule has 0 saturated carbocycles. The molecule has 1 aliphatic rings. The molecule has 3 rings (SSSR count). The molecule has 0 saturated heterocycles. The molecule has 0 fully saturated rings. The Kier molecular flexibility index (Phi) is 7.80. The van der Waals surface area contributed by atoms with Crippen molar-refractivity contribution in [3.05, 3.63) is 59.7 Å². The van der Waals surface area contributed by atoms with E-state index in [1.54, 1.807) is 50.6 Å². The third-order valence-corrected chi connectivity index (χ3v) is 4.98. The number of methoxy groups -OCH3 is 2. The Balaban J connectivity index is 2.02. The van der Waals surface area contributed by atoms with Crippen molar-refractivity contribution in [2.45, 2.75) is 13.5 Å². The average Bonchev–Trinajstić information content (AvgIpc) is 3.37. The lowest BCUT2D eigenvalue weighted by Crippen LogP contribution is -2.37. The predicted molar refractivity (Wildman–Crippen MR) is 117 cm³/mol. The number of carbonyl (C=O) groups excluding carboxylic acids is 3. The Morgan fingerprint density at radius 3 is 2.22 bits per heavy atom. The van der Waals surface area contributed by atoms with Crippen molar-refractivity contribution in [3.63, 3.8) is 0 Å². The van der Waals surface area contributed by atoms with Crippen LogP contribution >= 0.6 is 0 Å². The molecule has 3 amide bonds. The van der Waals surface area contributed by atoms with Gasteiger partial charge in [-0.05, 0) is 29.8 Å². The fourth-order valence-electron chi connectivity index (χ4n) is 3.48. The van der Waals surface area contributed by atoms with Crippen molar-refractivity contribution >= 4 is 29.0 Å². The molecule has 9 nitrogen and oxygen atoms in total. The summed E-state index contributed by atoms with van der Waals surface area (Å²) in [4.78, 5) is 41.2. The first-order valence-electron chi connectivity index (χ1n) is 10.2. The van der Waals surface area contributed by atoms with Gasteiger partial charge < -0.3 is 24.1 Å². The van der Waals surface area contributed by atoms with Crippen LogP contribution in [0.2, 0.25) is 0 Å². The molecule has 2 heterocycles. The topological polar surface area (TPSA) is 101 Å². The van der Waals surface area contributed by atoms with Crippen molar-refractivity contribution in [1.29, 1.82) is 0 Å². The number of hydrogen-bond donors (Lipinski definition) is 1. The van der Waals surface area contributed by atoms with Gasteiger partial charge >= 0.3 is 0 Å². The van der Waals surface area contributed by atoms with E-state index in [1.807, 2.05) is 4.90 Å². The highest BCUT2D eigenvalue weighted by atomic mass is 16.5. The molecule has 1 aromatic carbocycles. The van der Waals surface area contributed by atoms with Crippen LogP contribution in [0.4, 0.5) is 5.69 Å². The van der Waals surface area contributed by atoms with Gasteiger partial charge in [0.2, 0.25) is 5.91 Å². The van der Waals surface area contributed by atoms with Gasteiger partial charge in [-0.3, -0.25) is 19.3 Å². The number of hydrogen-bond acceptors (Lipinski definition) is 7. The van der Waals surface area contributed by atoms with Crippen LogP contribution < -0.4 is 5.32 Å². The summed E-state index contributed by atoms with van der Waals surface area (Å²) in [5, 5.41) is 2.70. The van der Waals surface area contributed by atoms with Crippen LogP contribution in [0.3, 0.4) is 0 Å². The Hall–Kier alpha value is -3.43. The summed E-state index contributed by atoms with van der Waals surface area (Å²) in [6, 6.07) is 10.2. The molecule has 0 spiro atoms. The minimum atomic E-state index is -0.409. The first-order valence-corrected chi connectivity index (χ1v) is 10.2. The molecule has 0 atom stereocenters. The summed E-state index contributed by atoms with van der Waals surface area (Å²) < 4.78 is 15.8. The van der Waals surface area contributed by atoms with Gasteiger partial charge in [-0.2, -0.15) is 0 Å². The Labute approximate surface area is 186 Å². The molecule has 1 aliphatic heterocycles. The SMILES string of the molecule is COCCN(CCOC)C1=C(c2ccc(NC(C)=O)cc2)C(=O)N(Cc2ccco2)C1=O. The number of ether oxygens (including phenoxy) is 2. The second kappa shape index (κ2) is 10.7. The van der Waals surface area contributed by atoms with E-state index in [2.05, 4.69) is 5.32 Å². The van der Waals surface area contributed by atoms with Gasteiger partial charge in [-0.1, -0.05) is 12.1 Å². The Morgan fingerprint density at radius 2 is 1.69 bits per heavy atom. The average molecular weight is 441 g/mol. The molecule has 1 N–H and O–H groups in total. The highest BCUT2D eigenvalue weighted by molar-refractivity contribution is 6.35. The van der Waals surface area contributed by atoms with Crippen LogP contribution in [0.25, 0.3) is 5.57 Å². The molecule has 1 aromatic heterocycles. The minimum Gasteiger partial charge on any atom is -0.467 e. The van der Waals surface area contributed by atoms with E-state index in [0.29, 0.717) is 54.6 Å². The Morgan fingerprint density at radius 1 is 1.03 bits per heavy atom. The van der Waals surface area contributed by atoms with Crippen LogP contribution in [0.5, 0.6) is 0 Å². The predicted octanol–water partition coefficient (Wildman–Crippen LogP) is 2.11. The summed E-state index contributed by atoms with van der Waals surface area (Å²) in [6.07, 6.45) is 1.50. The summed E-state index contributed by atoms with van der Waals surface area (Å²) in [6.45, 7) is 3.03. The maximum atomic E-state index is 13.4. The highest BCUT2D eigenvalue weighted by Gasteiger charge is 2.41. The first-order chi connectivity index (χ1) is 15.5. The second-order valence-corrected chi connectivity index (χ2v) is 7.23. The summed E-state index contributed by atoms with van der Waals surface area (Å²) in [7, 11) is 3.16. The van der Waals surface area contributed by atoms with Crippen LogP contribution in [0.15, 0.2) is 52.8 Å². The monoisotopic (exact) mass is 441 g/mol. The lowest BCUT2D eigenvalue weighted by molar-refractivity contribution is -0.138. The molecule has 2 aromatic rings. The quantitative estimate of drug-likeness (QED) is 0.533. The number of rotatable bonds is 11. The molecule has 0 unspecified atom stereocenters. The van der Waals surface area contributed by atoms with Gasteiger partial charge in [0.05, 0.1) is 31.6 Å². The van der Waals surface area contributed by atoms with E-state index in [0.717, 1.165) is 0 Å². The van der Waals surface area contributed by atoms with Crippen LogP contribution in [0.1, 0.15) is 18.2 Å². The maximum Gasteiger partial charge on any atom is 0.278 e. The third kappa shape index (κ3) is 5.24.